The molecule has 0 aromatic heterocycles. The standard InChI is InChI=1S/C32H35O3S/c1-32(2,24-23-26-13-7-3-4-8-14-26)35-31(33)25-34-27-19-21-30(22-20-27)36(28-15-9-5-10-16-28)29-17-11-6-12-18-29/h5-6,9-12,15-22,26H,3-4,7-8,13-14,25H2,1-2H3/q+1. The van der Waals surface area contributed by atoms with Crippen molar-refractivity contribution in [2.24, 2.45) is 5.92 Å². The summed E-state index contributed by atoms with van der Waals surface area (Å²) >= 11 is 0. The van der Waals surface area contributed by atoms with Crippen LogP contribution in [0.3, 0.4) is 0 Å². The highest BCUT2D eigenvalue weighted by atomic mass is 32.2. The van der Waals surface area contributed by atoms with Gasteiger partial charge < -0.3 is 9.47 Å². The Bertz CT molecular complexity index is 1110. The van der Waals surface area contributed by atoms with Crippen molar-refractivity contribution in [2.75, 3.05) is 6.61 Å². The number of esters is 1. The molecular weight excluding hydrogens is 464 g/mol. The fraction of sp³-hybridized carbons (Fsp3) is 0.344. The third-order valence-electron chi connectivity index (χ3n) is 6.18. The molecule has 0 N–H and O–H groups in total. The van der Waals surface area contributed by atoms with Crippen molar-refractivity contribution in [1.29, 1.82) is 0 Å². The molecular formula is C32H35O3S+. The predicted molar refractivity (Wildman–Crippen MR) is 146 cm³/mol. The van der Waals surface area contributed by atoms with Gasteiger partial charge in [0.15, 0.2) is 26.9 Å². The molecule has 0 saturated heterocycles. The predicted octanol–water partition coefficient (Wildman–Crippen LogP) is 7.46. The number of benzene rings is 3. The van der Waals surface area contributed by atoms with Crippen LogP contribution in [0.1, 0.15) is 52.4 Å². The molecule has 0 unspecified atom stereocenters. The molecule has 0 heterocycles. The van der Waals surface area contributed by atoms with Gasteiger partial charge in [-0.25, -0.2) is 4.79 Å². The van der Waals surface area contributed by atoms with Crippen LogP contribution in [0.2, 0.25) is 0 Å². The highest BCUT2D eigenvalue weighted by molar-refractivity contribution is 7.97. The van der Waals surface area contributed by atoms with E-state index >= 15 is 0 Å². The zero-order chi connectivity index (χ0) is 25.2. The quantitative estimate of drug-likeness (QED) is 0.146. The second-order valence-electron chi connectivity index (χ2n) is 9.63. The summed E-state index contributed by atoms with van der Waals surface area (Å²) < 4.78 is 11.4. The van der Waals surface area contributed by atoms with Crippen molar-refractivity contribution >= 4 is 16.9 Å². The third-order valence-corrected chi connectivity index (χ3v) is 8.41. The van der Waals surface area contributed by atoms with E-state index in [9.17, 15) is 4.79 Å². The number of rotatable bonds is 7. The van der Waals surface area contributed by atoms with E-state index in [2.05, 4.69) is 72.5 Å². The molecule has 0 radical (unpaired) electrons. The summed E-state index contributed by atoms with van der Waals surface area (Å²) in [5.74, 6) is 7.19. The van der Waals surface area contributed by atoms with Crippen molar-refractivity contribution in [3.63, 3.8) is 0 Å². The van der Waals surface area contributed by atoms with Gasteiger partial charge in [-0.1, -0.05) is 73.9 Å². The SMILES string of the molecule is CC(C)(C#CC1CCCCCC1)OC(=O)COc1ccc([S+](c2ccccc2)c2ccccc2)cc1. The average Bonchev–Trinajstić information content (AvgIpc) is 3.17. The van der Waals surface area contributed by atoms with E-state index in [4.69, 9.17) is 9.47 Å². The van der Waals surface area contributed by atoms with Gasteiger partial charge in [-0.05, 0) is 75.2 Å². The van der Waals surface area contributed by atoms with E-state index in [0.717, 1.165) is 12.8 Å². The molecule has 1 saturated carbocycles. The molecule has 3 nitrogen and oxygen atoms in total. The first-order chi connectivity index (χ1) is 17.5. The molecule has 0 atom stereocenters. The Labute approximate surface area is 218 Å². The van der Waals surface area contributed by atoms with Gasteiger partial charge in [0.2, 0.25) is 0 Å². The smallest absolute Gasteiger partial charge is 0.345 e. The van der Waals surface area contributed by atoms with Crippen LogP contribution in [0, 0.1) is 17.8 Å². The third kappa shape index (κ3) is 7.67. The number of ether oxygens (including phenoxy) is 2. The van der Waals surface area contributed by atoms with Crippen LogP contribution in [0.5, 0.6) is 5.75 Å². The van der Waals surface area contributed by atoms with E-state index in [0.29, 0.717) is 11.7 Å². The first kappa shape index (κ1) is 25.9. The van der Waals surface area contributed by atoms with Gasteiger partial charge in [0.25, 0.3) is 0 Å². The molecule has 3 aromatic rings. The summed E-state index contributed by atoms with van der Waals surface area (Å²) in [6.45, 7) is 3.55. The van der Waals surface area contributed by atoms with Gasteiger partial charge in [-0.3, -0.25) is 0 Å². The molecule has 0 spiro atoms. The Hall–Kier alpha value is -3.16. The van der Waals surface area contributed by atoms with Crippen LogP contribution in [0.25, 0.3) is 0 Å². The van der Waals surface area contributed by atoms with E-state index in [1.54, 1.807) is 0 Å². The van der Waals surface area contributed by atoms with Crippen LogP contribution in [0.15, 0.2) is 99.6 Å². The minimum Gasteiger partial charge on any atom is -0.482 e. The molecule has 4 rings (SSSR count). The molecule has 1 aliphatic rings. The Morgan fingerprint density at radius 1 is 0.806 bits per heavy atom. The zero-order valence-corrected chi connectivity index (χ0v) is 22.1. The zero-order valence-electron chi connectivity index (χ0n) is 21.2. The molecule has 0 amide bonds. The van der Waals surface area contributed by atoms with E-state index < -0.39 is 11.6 Å². The lowest BCUT2D eigenvalue weighted by atomic mass is 9.99. The summed E-state index contributed by atoms with van der Waals surface area (Å²) in [6.07, 6.45) is 7.37. The summed E-state index contributed by atoms with van der Waals surface area (Å²) in [5.41, 5.74) is -0.823. The van der Waals surface area contributed by atoms with E-state index in [1.807, 2.05) is 38.1 Å². The molecule has 1 fully saturated rings. The second kappa shape index (κ2) is 12.7. The van der Waals surface area contributed by atoms with Crippen LogP contribution < -0.4 is 4.74 Å². The summed E-state index contributed by atoms with van der Waals surface area (Å²) in [5, 5.41) is 0. The Kier molecular flexibility index (Phi) is 9.14. The van der Waals surface area contributed by atoms with Gasteiger partial charge in [-0.2, -0.15) is 0 Å². The number of carbonyl (C=O) groups excluding carboxylic acids is 1. The van der Waals surface area contributed by atoms with Crippen LogP contribution in [-0.4, -0.2) is 18.2 Å². The number of carbonyl (C=O) groups is 1. The minimum absolute atomic E-state index is 0.142. The lowest BCUT2D eigenvalue weighted by Crippen LogP contribution is -2.29. The molecule has 36 heavy (non-hydrogen) atoms. The van der Waals surface area contributed by atoms with Crippen LogP contribution in [0.4, 0.5) is 0 Å². The largest absolute Gasteiger partial charge is 0.482 e. The highest BCUT2D eigenvalue weighted by Crippen LogP contribution is 2.32. The topological polar surface area (TPSA) is 35.5 Å². The van der Waals surface area contributed by atoms with Crippen LogP contribution >= 0.6 is 0 Å². The Morgan fingerprint density at radius 2 is 1.33 bits per heavy atom. The van der Waals surface area contributed by atoms with Crippen molar-refractivity contribution in [2.45, 2.75) is 72.7 Å². The van der Waals surface area contributed by atoms with Gasteiger partial charge in [0, 0.05) is 5.92 Å². The molecule has 3 aromatic carbocycles. The van der Waals surface area contributed by atoms with Gasteiger partial charge in [0.05, 0.1) is 10.9 Å². The van der Waals surface area contributed by atoms with E-state index in [-0.39, 0.29) is 17.5 Å². The first-order valence-electron chi connectivity index (χ1n) is 12.8. The minimum atomic E-state index is -0.823. The Balaban J connectivity index is 1.36. The van der Waals surface area contributed by atoms with Crippen molar-refractivity contribution in [1.82, 2.24) is 0 Å². The van der Waals surface area contributed by atoms with Gasteiger partial charge >= 0.3 is 5.97 Å². The maximum atomic E-state index is 12.5. The molecule has 0 bridgehead atoms. The van der Waals surface area contributed by atoms with Crippen molar-refractivity contribution in [3.05, 3.63) is 84.9 Å². The Morgan fingerprint density at radius 3 is 1.89 bits per heavy atom. The fourth-order valence-corrected chi connectivity index (χ4v) is 6.46. The highest BCUT2D eigenvalue weighted by Gasteiger charge is 2.28. The molecule has 0 aliphatic heterocycles. The first-order valence-corrected chi connectivity index (χ1v) is 14.0. The normalized spacial score (nSPS) is 14.4. The van der Waals surface area contributed by atoms with Crippen molar-refractivity contribution in [3.8, 4) is 17.6 Å². The van der Waals surface area contributed by atoms with Gasteiger partial charge in [0.1, 0.15) is 5.75 Å². The maximum absolute atomic E-state index is 12.5. The number of hydrogen-bond donors (Lipinski definition) is 0. The number of hydrogen-bond acceptors (Lipinski definition) is 3. The molecule has 1 aliphatic carbocycles. The van der Waals surface area contributed by atoms with Crippen molar-refractivity contribution < 1.29 is 14.3 Å². The molecule has 4 heteroatoms. The lowest BCUT2D eigenvalue weighted by Gasteiger charge is -2.19. The van der Waals surface area contributed by atoms with E-state index in [1.165, 1.54) is 40.4 Å². The van der Waals surface area contributed by atoms with Gasteiger partial charge in [-0.15, -0.1) is 0 Å². The summed E-state index contributed by atoms with van der Waals surface area (Å²) in [4.78, 5) is 16.2. The summed E-state index contributed by atoms with van der Waals surface area (Å²) in [7, 11) is -0.217. The van der Waals surface area contributed by atoms with Crippen LogP contribution in [-0.2, 0) is 20.4 Å². The lowest BCUT2D eigenvalue weighted by molar-refractivity contribution is -0.154. The summed E-state index contributed by atoms with van der Waals surface area (Å²) in [6, 6.07) is 29.0. The fourth-order valence-electron chi connectivity index (χ4n) is 4.37. The monoisotopic (exact) mass is 499 g/mol. The molecule has 186 valence electrons. The second-order valence-corrected chi connectivity index (χ2v) is 11.7. The average molecular weight is 500 g/mol. The maximum Gasteiger partial charge on any atom is 0.345 e.